The highest BCUT2D eigenvalue weighted by molar-refractivity contribution is 5.85. The zero-order valence-corrected chi connectivity index (χ0v) is 17.1. The first-order valence-electron chi connectivity index (χ1n) is 9.82. The van der Waals surface area contributed by atoms with Crippen molar-refractivity contribution in [3.8, 4) is 5.75 Å². The van der Waals surface area contributed by atoms with Gasteiger partial charge in [0.2, 0.25) is 5.91 Å². The molecule has 7 nitrogen and oxygen atoms in total. The molecular formula is C24H21NO6. The Hall–Kier alpha value is -3.87. The van der Waals surface area contributed by atoms with Gasteiger partial charge in [0, 0.05) is 35.7 Å². The molecule has 0 fully saturated rings. The van der Waals surface area contributed by atoms with Gasteiger partial charge in [-0.2, -0.15) is 0 Å². The highest BCUT2D eigenvalue weighted by atomic mass is 16.5. The minimum absolute atomic E-state index is 0.0122. The number of esters is 1. The normalized spacial score (nSPS) is 15.0. The van der Waals surface area contributed by atoms with Crippen LogP contribution < -0.4 is 5.63 Å². The maximum absolute atomic E-state index is 12.7. The molecule has 1 atom stereocenters. The second kappa shape index (κ2) is 8.10. The fourth-order valence-corrected chi connectivity index (χ4v) is 3.82. The van der Waals surface area contributed by atoms with Gasteiger partial charge in [0.15, 0.2) is 0 Å². The third-order valence-corrected chi connectivity index (χ3v) is 5.44. The molecule has 0 aliphatic carbocycles. The minimum atomic E-state index is -0.596. The van der Waals surface area contributed by atoms with E-state index in [0.717, 1.165) is 11.1 Å². The van der Waals surface area contributed by atoms with Gasteiger partial charge in [0.1, 0.15) is 17.9 Å². The van der Waals surface area contributed by atoms with E-state index in [-0.39, 0.29) is 30.3 Å². The van der Waals surface area contributed by atoms with Gasteiger partial charge in [-0.15, -0.1) is 0 Å². The smallest absolute Gasteiger partial charge is 0.336 e. The summed E-state index contributed by atoms with van der Waals surface area (Å²) in [7, 11) is 0. The first kappa shape index (κ1) is 20.4. The number of carbonyl (C=O) groups is 2. The van der Waals surface area contributed by atoms with Crippen molar-refractivity contribution < 1.29 is 23.8 Å². The van der Waals surface area contributed by atoms with E-state index in [9.17, 15) is 19.5 Å². The number of hydrogen-bond donors (Lipinski definition) is 1. The molecule has 7 heteroatoms. The average molecular weight is 419 g/mol. The van der Waals surface area contributed by atoms with Crippen LogP contribution in [-0.4, -0.2) is 21.9 Å². The summed E-state index contributed by atoms with van der Waals surface area (Å²) in [6, 6.07) is 11.5. The van der Waals surface area contributed by atoms with E-state index in [4.69, 9.17) is 9.15 Å². The van der Waals surface area contributed by atoms with E-state index in [2.05, 4.69) is 0 Å². The molecule has 2 aromatic carbocycles. The molecule has 1 aromatic heterocycles. The number of aromatic hydroxyl groups is 1. The van der Waals surface area contributed by atoms with Gasteiger partial charge in [-0.1, -0.05) is 24.3 Å². The van der Waals surface area contributed by atoms with Gasteiger partial charge in [0.25, 0.3) is 0 Å². The van der Waals surface area contributed by atoms with Crippen molar-refractivity contribution in [3.05, 3.63) is 81.3 Å². The molecule has 1 aliphatic heterocycles. The van der Waals surface area contributed by atoms with Crippen LogP contribution in [0.2, 0.25) is 0 Å². The number of benzene rings is 2. The highest BCUT2D eigenvalue weighted by Crippen LogP contribution is 2.33. The topological polar surface area (TPSA) is 97.0 Å². The second-order valence-electron chi connectivity index (χ2n) is 7.43. The Balaban J connectivity index is 1.56. The van der Waals surface area contributed by atoms with E-state index in [1.807, 2.05) is 30.3 Å². The van der Waals surface area contributed by atoms with Crippen LogP contribution in [0.15, 0.2) is 57.9 Å². The van der Waals surface area contributed by atoms with Crippen LogP contribution in [0.25, 0.3) is 17.0 Å². The number of phenolic OH excluding ortho intramolecular Hbond substituents is 1. The van der Waals surface area contributed by atoms with Crippen molar-refractivity contribution in [2.45, 2.75) is 32.9 Å². The molecule has 31 heavy (non-hydrogen) atoms. The Kier molecular flexibility index (Phi) is 5.33. The first-order chi connectivity index (χ1) is 14.8. The maximum Gasteiger partial charge on any atom is 0.336 e. The predicted molar refractivity (Wildman–Crippen MR) is 114 cm³/mol. The van der Waals surface area contributed by atoms with E-state index >= 15 is 0 Å². The number of rotatable bonds is 4. The van der Waals surface area contributed by atoms with Gasteiger partial charge in [-0.25, -0.2) is 4.79 Å². The van der Waals surface area contributed by atoms with E-state index in [1.165, 1.54) is 24.0 Å². The highest BCUT2D eigenvalue weighted by Gasteiger charge is 2.28. The predicted octanol–water partition coefficient (Wildman–Crippen LogP) is 3.81. The molecule has 0 spiro atoms. The Morgan fingerprint density at radius 1 is 1.19 bits per heavy atom. The molecule has 4 rings (SSSR count). The largest absolute Gasteiger partial charge is 0.508 e. The molecule has 158 valence electrons. The molecule has 1 aliphatic rings. The van der Waals surface area contributed by atoms with Crippen molar-refractivity contribution in [3.63, 3.8) is 0 Å². The number of hydrogen-bond acceptors (Lipinski definition) is 6. The summed E-state index contributed by atoms with van der Waals surface area (Å²) in [4.78, 5) is 38.2. The molecule has 0 saturated carbocycles. The number of ether oxygens (including phenoxy) is 1. The van der Waals surface area contributed by atoms with Crippen molar-refractivity contribution in [1.29, 1.82) is 0 Å². The van der Waals surface area contributed by atoms with Crippen LogP contribution in [0, 0.1) is 6.92 Å². The number of nitrogens with zero attached hydrogens (tertiary/aromatic N) is 1. The second-order valence-corrected chi connectivity index (χ2v) is 7.43. The first-order valence-corrected chi connectivity index (χ1v) is 9.82. The molecule has 0 unspecified atom stereocenters. The zero-order valence-electron chi connectivity index (χ0n) is 17.1. The summed E-state index contributed by atoms with van der Waals surface area (Å²) in [5.41, 5.74) is 2.39. The minimum Gasteiger partial charge on any atom is -0.508 e. The molecule has 2 heterocycles. The van der Waals surface area contributed by atoms with Gasteiger partial charge in [-0.3, -0.25) is 9.59 Å². The summed E-state index contributed by atoms with van der Waals surface area (Å²) >= 11 is 0. The molecule has 3 aromatic rings. The van der Waals surface area contributed by atoms with Crippen molar-refractivity contribution >= 4 is 28.9 Å². The maximum atomic E-state index is 12.7. The monoisotopic (exact) mass is 419 g/mol. The number of fused-ring (bicyclic) bond motifs is 2. The number of aryl methyl sites for hydroxylation is 1. The molecule has 0 saturated heterocycles. The summed E-state index contributed by atoms with van der Waals surface area (Å²) in [6.07, 6.45) is 3.49. The lowest BCUT2D eigenvalue weighted by molar-refractivity contribution is -0.146. The zero-order chi connectivity index (χ0) is 22.1. The van der Waals surface area contributed by atoms with Crippen LogP contribution >= 0.6 is 0 Å². The van der Waals surface area contributed by atoms with Gasteiger partial charge >= 0.3 is 11.6 Å². The summed E-state index contributed by atoms with van der Waals surface area (Å²) in [6.45, 7) is 2.96. The van der Waals surface area contributed by atoms with Crippen molar-refractivity contribution in [2.24, 2.45) is 0 Å². The molecule has 1 amide bonds. The lowest BCUT2D eigenvalue weighted by Crippen LogP contribution is -2.32. The standard InChI is InChI=1S/C24H21NO6/c1-14-21(27)8-7-19-17(11-23(29)31-24(14)19)13-30-22(28)12-20-18-6-4-3-5-16(18)9-10-25(20)15(2)26/h3-11,20,27H,12-13H2,1-2H3/t20-/m0/s1. The Morgan fingerprint density at radius 2 is 1.97 bits per heavy atom. The van der Waals surface area contributed by atoms with E-state index < -0.39 is 17.6 Å². The van der Waals surface area contributed by atoms with Crippen molar-refractivity contribution in [2.75, 3.05) is 0 Å². The Labute approximate surface area is 178 Å². The van der Waals surface area contributed by atoms with Crippen LogP contribution in [0.1, 0.15) is 41.6 Å². The van der Waals surface area contributed by atoms with E-state index in [0.29, 0.717) is 16.5 Å². The molecule has 0 bridgehead atoms. The summed E-state index contributed by atoms with van der Waals surface area (Å²) in [5, 5.41) is 10.4. The average Bonchev–Trinajstić information content (AvgIpc) is 2.75. The third kappa shape index (κ3) is 3.94. The molecule has 0 radical (unpaired) electrons. The lowest BCUT2D eigenvalue weighted by atomic mass is 9.94. The van der Waals surface area contributed by atoms with Crippen LogP contribution in [0.5, 0.6) is 5.75 Å². The lowest BCUT2D eigenvalue weighted by Gasteiger charge is -2.32. The Bertz CT molecular complexity index is 1270. The van der Waals surface area contributed by atoms with E-state index in [1.54, 1.807) is 19.2 Å². The summed E-state index contributed by atoms with van der Waals surface area (Å²) in [5.74, 6) is -0.665. The fourth-order valence-electron chi connectivity index (χ4n) is 3.82. The fraction of sp³-hybridized carbons (Fsp3) is 0.208. The quantitative estimate of drug-likeness (QED) is 0.510. The van der Waals surface area contributed by atoms with Gasteiger partial charge in [-0.05, 0) is 36.3 Å². The van der Waals surface area contributed by atoms with Crippen LogP contribution in [-0.2, 0) is 20.9 Å². The van der Waals surface area contributed by atoms with Crippen LogP contribution in [0.3, 0.4) is 0 Å². The van der Waals surface area contributed by atoms with Crippen LogP contribution in [0.4, 0.5) is 0 Å². The SMILES string of the molecule is CC(=O)N1C=Cc2ccccc2[C@@H]1CC(=O)OCc1cc(=O)oc2c(C)c(O)ccc12. The molecular weight excluding hydrogens is 398 g/mol. The molecule has 1 N–H and O–H groups in total. The Morgan fingerprint density at radius 3 is 2.74 bits per heavy atom. The number of carbonyl (C=O) groups excluding carboxylic acids is 2. The summed E-state index contributed by atoms with van der Waals surface area (Å²) < 4.78 is 10.7. The van der Waals surface area contributed by atoms with Gasteiger partial charge < -0.3 is 19.2 Å². The third-order valence-electron chi connectivity index (χ3n) is 5.44. The number of phenols is 1. The van der Waals surface area contributed by atoms with Crippen molar-refractivity contribution in [1.82, 2.24) is 4.90 Å². The number of amides is 1. The van der Waals surface area contributed by atoms with Gasteiger partial charge in [0.05, 0.1) is 12.5 Å².